The van der Waals surface area contributed by atoms with Crippen LogP contribution in [0.4, 0.5) is 5.69 Å². The number of aliphatic carboxylic acids is 1. The van der Waals surface area contributed by atoms with Crippen LogP contribution in [0.2, 0.25) is 5.02 Å². The SMILES string of the molecule is CSc1ccc(NC(=O)C2CCC2C(=O)O)cc1Cl. The second-order valence-corrected chi connectivity index (χ2v) is 5.72. The van der Waals surface area contributed by atoms with Crippen LogP contribution in [0.25, 0.3) is 0 Å². The van der Waals surface area contributed by atoms with Crippen molar-refractivity contribution < 1.29 is 14.7 Å². The molecule has 1 amide bonds. The number of carboxylic acid groups (broad SMARTS) is 1. The van der Waals surface area contributed by atoms with E-state index in [1.165, 1.54) is 11.8 Å². The number of benzene rings is 1. The summed E-state index contributed by atoms with van der Waals surface area (Å²) in [6.45, 7) is 0. The summed E-state index contributed by atoms with van der Waals surface area (Å²) in [5.41, 5.74) is 0.601. The minimum atomic E-state index is -0.901. The van der Waals surface area contributed by atoms with Gasteiger partial charge in [-0.1, -0.05) is 11.6 Å². The van der Waals surface area contributed by atoms with Gasteiger partial charge in [0, 0.05) is 10.6 Å². The average Bonchev–Trinajstić information content (AvgIpc) is 2.26. The molecule has 0 saturated heterocycles. The number of carbonyl (C=O) groups excluding carboxylic acids is 1. The van der Waals surface area contributed by atoms with Gasteiger partial charge in [-0.25, -0.2) is 0 Å². The predicted molar refractivity (Wildman–Crippen MR) is 75.7 cm³/mol. The van der Waals surface area contributed by atoms with Crippen LogP contribution in [-0.2, 0) is 9.59 Å². The maximum Gasteiger partial charge on any atom is 0.307 e. The van der Waals surface area contributed by atoms with Crippen LogP contribution < -0.4 is 5.32 Å². The molecule has 0 radical (unpaired) electrons. The van der Waals surface area contributed by atoms with Gasteiger partial charge >= 0.3 is 5.97 Å². The van der Waals surface area contributed by atoms with Gasteiger partial charge in [0.2, 0.25) is 5.91 Å². The van der Waals surface area contributed by atoms with Gasteiger partial charge < -0.3 is 10.4 Å². The second-order valence-electron chi connectivity index (χ2n) is 4.47. The van der Waals surface area contributed by atoms with Gasteiger partial charge in [-0.05, 0) is 37.3 Å². The first-order valence-corrected chi connectivity index (χ1v) is 7.50. The van der Waals surface area contributed by atoms with Gasteiger partial charge in [0.05, 0.1) is 16.9 Å². The van der Waals surface area contributed by atoms with Crippen molar-refractivity contribution in [2.24, 2.45) is 11.8 Å². The lowest BCUT2D eigenvalue weighted by atomic mass is 9.73. The molecule has 4 nitrogen and oxygen atoms in total. The molecule has 2 atom stereocenters. The van der Waals surface area contributed by atoms with E-state index in [1.54, 1.807) is 12.1 Å². The van der Waals surface area contributed by atoms with Crippen LogP contribution in [0.3, 0.4) is 0 Å². The van der Waals surface area contributed by atoms with Crippen molar-refractivity contribution in [2.45, 2.75) is 17.7 Å². The Bertz CT molecular complexity index is 521. The molecule has 0 spiro atoms. The van der Waals surface area contributed by atoms with Gasteiger partial charge in [-0.3, -0.25) is 9.59 Å². The van der Waals surface area contributed by atoms with Crippen LogP contribution in [0.1, 0.15) is 12.8 Å². The van der Waals surface area contributed by atoms with E-state index in [0.29, 0.717) is 23.6 Å². The fraction of sp³-hybridized carbons (Fsp3) is 0.385. The molecular formula is C13H14ClNO3S. The molecule has 2 N–H and O–H groups in total. The van der Waals surface area contributed by atoms with E-state index in [-0.39, 0.29) is 5.91 Å². The van der Waals surface area contributed by atoms with Crippen molar-refractivity contribution in [2.75, 3.05) is 11.6 Å². The first-order chi connectivity index (χ1) is 9.02. The molecule has 102 valence electrons. The van der Waals surface area contributed by atoms with Gasteiger partial charge in [0.15, 0.2) is 0 Å². The number of carbonyl (C=O) groups is 2. The third-order valence-electron chi connectivity index (χ3n) is 3.35. The number of thioether (sulfide) groups is 1. The molecule has 1 aliphatic rings. The smallest absolute Gasteiger partial charge is 0.307 e. The van der Waals surface area contributed by atoms with Crippen molar-refractivity contribution in [3.63, 3.8) is 0 Å². The molecule has 1 aliphatic carbocycles. The summed E-state index contributed by atoms with van der Waals surface area (Å²) in [5, 5.41) is 12.2. The summed E-state index contributed by atoms with van der Waals surface area (Å²) in [5.74, 6) is -2.13. The summed E-state index contributed by atoms with van der Waals surface area (Å²) >= 11 is 7.58. The van der Waals surface area contributed by atoms with E-state index in [9.17, 15) is 9.59 Å². The summed E-state index contributed by atoms with van der Waals surface area (Å²) in [4.78, 5) is 23.8. The minimum Gasteiger partial charge on any atom is -0.481 e. The number of rotatable bonds is 4. The lowest BCUT2D eigenvalue weighted by molar-refractivity contribution is -0.151. The fourth-order valence-corrected chi connectivity index (χ4v) is 2.96. The maximum atomic E-state index is 12.0. The summed E-state index contributed by atoms with van der Waals surface area (Å²) in [6, 6.07) is 5.28. The highest BCUT2D eigenvalue weighted by molar-refractivity contribution is 7.98. The average molecular weight is 300 g/mol. The Hall–Kier alpha value is -1.20. The van der Waals surface area contributed by atoms with Crippen LogP contribution in [0.5, 0.6) is 0 Å². The quantitative estimate of drug-likeness (QED) is 0.838. The topological polar surface area (TPSA) is 66.4 Å². The Labute approximate surface area is 120 Å². The van der Waals surface area contributed by atoms with Crippen LogP contribution in [0.15, 0.2) is 23.1 Å². The van der Waals surface area contributed by atoms with E-state index in [0.717, 1.165) is 4.90 Å². The number of halogens is 1. The zero-order valence-electron chi connectivity index (χ0n) is 10.4. The Morgan fingerprint density at radius 3 is 2.53 bits per heavy atom. The van der Waals surface area contributed by atoms with Crippen LogP contribution >= 0.6 is 23.4 Å². The number of hydrogen-bond donors (Lipinski definition) is 2. The molecule has 1 aromatic rings. The van der Waals surface area contributed by atoms with Crippen molar-refractivity contribution in [3.05, 3.63) is 23.2 Å². The van der Waals surface area contributed by atoms with Crippen molar-refractivity contribution in [1.82, 2.24) is 0 Å². The summed E-state index contributed by atoms with van der Waals surface area (Å²) in [7, 11) is 0. The highest BCUT2D eigenvalue weighted by Crippen LogP contribution is 2.36. The molecule has 6 heteroatoms. The third kappa shape index (κ3) is 3.04. The number of amides is 1. The lowest BCUT2D eigenvalue weighted by Gasteiger charge is -2.31. The van der Waals surface area contributed by atoms with E-state index in [4.69, 9.17) is 16.7 Å². The Kier molecular flexibility index (Phi) is 4.37. The molecule has 1 saturated carbocycles. The standard InChI is InChI=1S/C13H14ClNO3S/c1-19-11-5-2-7(6-10(11)14)15-12(16)8-3-4-9(8)13(17)18/h2,5-6,8-9H,3-4H2,1H3,(H,15,16)(H,17,18). The van der Waals surface area contributed by atoms with E-state index >= 15 is 0 Å². The molecule has 2 unspecified atom stereocenters. The largest absolute Gasteiger partial charge is 0.481 e. The molecular weight excluding hydrogens is 286 g/mol. The van der Waals surface area contributed by atoms with E-state index in [2.05, 4.69) is 5.32 Å². The molecule has 0 heterocycles. The van der Waals surface area contributed by atoms with Gasteiger partial charge in [0.25, 0.3) is 0 Å². The first kappa shape index (κ1) is 14.2. The van der Waals surface area contributed by atoms with Gasteiger partial charge in [-0.15, -0.1) is 11.8 Å². The zero-order valence-corrected chi connectivity index (χ0v) is 11.9. The highest BCUT2D eigenvalue weighted by Gasteiger charge is 2.41. The summed E-state index contributed by atoms with van der Waals surface area (Å²) < 4.78 is 0. The number of anilines is 1. The fourth-order valence-electron chi connectivity index (χ4n) is 2.09. The van der Waals surface area contributed by atoms with Crippen molar-refractivity contribution >= 4 is 40.9 Å². The van der Waals surface area contributed by atoms with E-state index in [1.807, 2.05) is 12.3 Å². The minimum absolute atomic E-state index is 0.244. The van der Waals surface area contributed by atoms with Crippen LogP contribution in [-0.4, -0.2) is 23.2 Å². The van der Waals surface area contributed by atoms with Crippen molar-refractivity contribution in [1.29, 1.82) is 0 Å². The third-order valence-corrected chi connectivity index (χ3v) is 4.57. The molecule has 0 aliphatic heterocycles. The number of carboxylic acids is 1. The molecule has 2 rings (SSSR count). The molecule has 1 fully saturated rings. The Morgan fingerprint density at radius 1 is 1.37 bits per heavy atom. The van der Waals surface area contributed by atoms with Gasteiger partial charge in [-0.2, -0.15) is 0 Å². The maximum absolute atomic E-state index is 12.0. The van der Waals surface area contributed by atoms with Crippen LogP contribution in [0, 0.1) is 11.8 Å². The second kappa shape index (κ2) is 5.84. The summed E-state index contributed by atoms with van der Waals surface area (Å²) in [6.07, 6.45) is 3.12. The Morgan fingerprint density at radius 2 is 2.05 bits per heavy atom. The normalized spacial score (nSPS) is 21.6. The highest BCUT2D eigenvalue weighted by atomic mass is 35.5. The molecule has 1 aromatic carbocycles. The zero-order chi connectivity index (χ0) is 14.0. The monoisotopic (exact) mass is 299 g/mol. The van der Waals surface area contributed by atoms with E-state index < -0.39 is 17.8 Å². The Balaban J connectivity index is 2.03. The number of nitrogens with one attached hydrogen (secondary N) is 1. The molecule has 0 aromatic heterocycles. The van der Waals surface area contributed by atoms with Crippen molar-refractivity contribution in [3.8, 4) is 0 Å². The molecule has 0 bridgehead atoms. The predicted octanol–water partition coefficient (Wildman–Crippen LogP) is 3.11. The van der Waals surface area contributed by atoms with Gasteiger partial charge in [0.1, 0.15) is 0 Å². The molecule has 19 heavy (non-hydrogen) atoms. The lowest BCUT2D eigenvalue weighted by Crippen LogP contribution is -2.41. The number of hydrogen-bond acceptors (Lipinski definition) is 3. The first-order valence-electron chi connectivity index (χ1n) is 5.90.